The molecule has 0 aromatic heterocycles. The minimum Gasteiger partial charge on any atom is -0.394 e. The van der Waals surface area contributed by atoms with Crippen molar-refractivity contribution in [3.05, 3.63) is 72.9 Å². The van der Waals surface area contributed by atoms with Crippen LogP contribution in [0.1, 0.15) is 213 Å². The molecule has 0 aliphatic carbocycles. The Balaban J connectivity index is 3.61. The number of allylic oxidation sites excluding steroid dienone is 12. The Kier molecular flexibility index (Phi) is 42.4. The Morgan fingerprint density at radius 1 is 0.472 bits per heavy atom. The molecule has 0 aromatic carbocycles. The number of carbonyl (C=O) groups is 1. The van der Waals surface area contributed by atoms with Gasteiger partial charge in [-0.05, 0) is 64.2 Å². The van der Waals surface area contributed by atoms with Crippen molar-refractivity contribution < 1.29 is 15.0 Å². The Morgan fingerprint density at radius 2 is 0.830 bits per heavy atom. The van der Waals surface area contributed by atoms with Gasteiger partial charge >= 0.3 is 0 Å². The lowest BCUT2D eigenvalue weighted by atomic mass is 10.0. The zero-order chi connectivity index (χ0) is 38.6. The summed E-state index contributed by atoms with van der Waals surface area (Å²) in [5, 5.41) is 23.2. The molecule has 4 nitrogen and oxygen atoms in total. The molecule has 0 aliphatic rings. The third kappa shape index (κ3) is 40.8. The molecule has 0 heterocycles. The predicted octanol–water partition coefficient (Wildman–Crippen LogP) is 14.3. The molecular formula is C49H87NO3. The van der Waals surface area contributed by atoms with Crippen LogP contribution in [0.15, 0.2) is 72.9 Å². The fraction of sp³-hybridized carbons (Fsp3) is 0.735. The second kappa shape index (κ2) is 44.2. The summed E-state index contributed by atoms with van der Waals surface area (Å²) in [7, 11) is 0. The lowest BCUT2D eigenvalue weighted by Gasteiger charge is -2.22. The minimum atomic E-state index is -0.670. The summed E-state index contributed by atoms with van der Waals surface area (Å²) in [6.07, 6.45) is 62.6. The number of carbonyl (C=O) groups excluding carboxylic acids is 1. The molecule has 4 heteroatoms. The highest BCUT2D eigenvalue weighted by molar-refractivity contribution is 5.76. The summed E-state index contributed by atoms with van der Waals surface area (Å²) in [6, 6.07) is -0.548. The van der Waals surface area contributed by atoms with Gasteiger partial charge in [0, 0.05) is 6.42 Å². The number of amides is 1. The molecule has 0 bridgehead atoms. The highest BCUT2D eigenvalue weighted by atomic mass is 16.3. The highest BCUT2D eigenvalue weighted by Crippen LogP contribution is 2.15. The first-order chi connectivity index (χ1) is 26.2. The molecule has 0 saturated heterocycles. The van der Waals surface area contributed by atoms with Gasteiger partial charge in [0.1, 0.15) is 0 Å². The van der Waals surface area contributed by atoms with Crippen LogP contribution in [0.5, 0.6) is 0 Å². The third-order valence-corrected chi connectivity index (χ3v) is 9.98. The molecule has 0 aliphatic heterocycles. The van der Waals surface area contributed by atoms with Crippen molar-refractivity contribution in [2.75, 3.05) is 6.61 Å². The average molecular weight is 738 g/mol. The van der Waals surface area contributed by atoms with Gasteiger partial charge in [-0.3, -0.25) is 4.79 Å². The van der Waals surface area contributed by atoms with Gasteiger partial charge in [0.15, 0.2) is 0 Å². The van der Waals surface area contributed by atoms with E-state index < -0.39 is 12.1 Å². The van der Waals surface area contributed by atoms with E-state index in [1.54, 1.807) is 0 Å². The molecule has 3 N–H and O–H groups in total. The predicted molar refractivity (Wildman–Crippen MR) is 234 cm³/mol. The maximum atomic E-state index is 12.4. The van der Waals surface area contributed by atoms with Gasteiger partial charge in [-0.1, -0.05) is 215 Å². The van der Waals surface area contributed by atoms with E-state index in [0.29, 0.717) is 12.8 Å². The first kappa shape index (κ1) is 50.8. The molecule has 0 fully saturated rings. The van der Waals surface area contributed by atoms with Gasteiger partial charge in [0.05, 0.1) is 18.8 Å². The molecule has 0 rings (SSSR count). The molecule has 0 radical (unpaired) electrons. The molecule has 0 saturated carbocycles. The van der Waals surface area contributed by atoms with Gasteiger partial charge in [0.25, 0.3) is 0 Å². The molecule has 0 spiro atoms. The minimum absolute atomic E-state index is 0.0484. The van der Waals surface area contributed by atoms with Gasteiger partial charge < -0.3 is 15.5 Å². The van der Waals surface area contributed by atoms with Crippen LogP contribution in [0.2, 0.25) is 0 Å². The van der Waals surface area contributed by atoms with Gasteiger partial charge in [-0.15, -0.1) is 0 Å². The first-order valence-electron chi connectivity index (χ1n) is 22.6. The van der Waals surface area contributed by atoms with Crippen molar-refractivity contribution in [2.45, 2.75) is 225 Å². The topological polar surface area (TPSA) is 69.6 Å². The fourth-order valence-corrected chi connectivity index (χ4v) is 6.54. The zero-order valence-electron chi connectivity index (χ0n) is 35.0. The van der Waals surface area contributed by atoms with Gasteiger partial charge in [-0.2, -0.15) is 0 Å². The number of aliphatic hydroxyl groups excluding tert-OH is 2. The Bertz CT molecular complexity index is 930. The standard InChI is InChI=1S/C49H87NO3/c1-3-5-7-9-11-13-15-17-19-21-22-23-24-25-26-27-28-29-31-33-35-37-39-41-43-45-49(53)50-47(46-51)48(52)44-42-40-38-36-34-32-30-20-18-16-14-12-10-8-6-4-2/h5,7,11,13,17,19,22-23,25-26,28-29,47-48,51-52H,3-4,6,8-10,12,14-16,18,20-21,24,27,30-46H2,1-2H3,(H,50,53)/b7-5-,13-11-,19-17-,23-22-,26-25-,29-28-. The number of rotatable bonds is 40. The van der Waals surface area contributed by atoms with E-state index in [1.165, 1.54) is 109 Å². The van der Waals surface area contributed by atoms with Crippen LogP contribution in [0.25, 0.3) is 0 Å². The van der Waals surface area contributed by atoms with Crippen LogP contribution < -0.4 is 5.32 Å². The molecule has 2 unspecified atom stereocenters. The summed E-state index contributed by atoms with van der Waals surface area (Å²) >= 11 is 0. The largest absolute Gasteiger partial charge is 0.394 e. The van der Waals surface area contributed by atoms with Crippen LogP contribution in [0, 0.1) is 0 Å². The highest BCUT2D eigenvalue weighted by Gasteiger charge is 2.19. The summed E-state index contributed by atoms with van der Waals surface area (Å²) in [5.41, 5.74) is 0. The summed E-state index contributed by atoms with van der Waals surface area (Å²) in [6.45, 7) is 4.24. The second-order valence-corrected chi connectivity index (χ2v) is 15.1. The van der Waals surface area contributed by atoms with Crippen LogP contribution in [-0.2, 0) is 4.79 Å². The van der Waals surface area contributed by atoms with Crippen molar-refractivity contribution in [1.82, 2.24) is 5.32 Å². The Labute approximate surface area is 329 Å². The normalized spacial score (nSPS) is 13.7. The van der Waals surface area contributed by atoms with E-state index in [1.807, 2.05) is 0 Å². The number of unbranched alkanes of at least 4 members (excludes halogenated alkanes) is 21. The maximum absolute atomic E-state index is 12.4. The van der Waals surface area contributed by atoms with Crippen LogP contribution in [0.3, 0.4) is 0 Å². The van der Waals surface area contributed by atoms with Crippen LogP contribution in [-0.4, -0.2) is 34.9 Å². The van der Waals surface area contributed by atoms with E-state index in [-0.39, 0.29) is 12.5 Å². The lowest BCUT2D eigenvalue weighted by molar-refractivity contribution is -0.123. The number of nitrogens with one attached hydrogen (secondary N) is 1. The third-order valence-electron chi connectivity index (χ3n) is 9.98. The molecule has 2 atom stereocenters. The zero-order valence-corrected chi connectivity index (χ0v) is 35.0. The molecule has 53 heavy (non-hydrogen) atoms. The number of hydrogen-bond donors (Lipinski definition) is 3. The molecular weight excluding hydrogens is 651 g/mol. The average Bonchev–Trinajstić information content (AvgIpc) is 3.16. The van der Waals surface area contributed by atoms with Crippen molar-refractivity contribution in [1.29, 1.82) is 0 Å². The number of aliphatic hydroxyl groups is 2. The molecule has 306 valence electrons. The fourth-order valence-electron chi connectivity index (χ4n) is 6.54. The van der Waals surface area contributed by atoms with E-state index in [9.17, 15) is 15.0 Å². The van der Waals surface area contributed by atoms with E-state index >= 15 is 0 Å². The smallest absolute Gasteiger partial charge is 0.220 e. The maximum Gasteiger partial charge on any atom is 0.220 e. The summed E-state index contributed by atoms with van der Waals surface area (Å²) in [4.78, 5) is 12.4. The van der Waals surface area contributed by atoms with E-state index in [0.717, 1.165) is 77.0 Å². The van der Waals surface area contributed by atoms with E-state index in [2.05, 4.69) is 92.1 Å². The Morgan fingerprint density at radius 3 is 1.25 bits per heavy atom. The van der Waals surface area contributed by atoms with Crippen molar-refractivity contribution in [3.63, 3.8) is 0 Å². The lowest BCUT2D eigenvalue weighted by Crippen LogP contribution is -2.45. The summed E-state index contributed by atoms with van der Waals surface area (Å²) < 4.78 is 0. The monoisotopic (exact) mass is 738 g/mol. The van der Waals surface area contributed by atoms with Crippen molar-refractivity contribution in [3.8, 4) is 0 Å². The Hall–Kier alpha value is -2.17. The van der Waals surface area contributed by atoms with Crippen LogP contribution in [0.4, 0.5) is 0 Å². The van der Waals surface area contributed by atoms with Gasteiger partial charge in [0.2, 0.25) is 5.91 Å². The number of hydrogen-bond acceptors (Lipinski definition) is 3. The van der Waals surface area contributed by atoms with Crippen LogP contribution >= 0.6 is 0 Å². The SMILES string of the molecule is CC/C=C\C/C=C\C/C=C\C/C=C\C/C=C\C/C=C\CCCCCCCCC(=O)NC(CO)C(O)CCCCCCCCCCCCCCCCCC. The second-order valence-electron chi connectivity index (χ2n) is 15.1. The van der Waals surface area contributed by atoms with Crippen molar-refractivity contribution in [2.24, 2.45) is 0 Å². The quantitative estimate of drug-likeness (QED) is 0.0433. The van der Waals surface area contributed by atoms with Gasteiger partial charge in [-0.25, -0.2) is 0 Å². The molecule has 1 amide bonds. The first-order valence-corrected chi connectivity index (χ1v) is 22.6. The van der Waals surface area contributed by atoms with Crippen molar-refractivity contribution >= 4 is 5.91 Å². The van der Waals surface area contributed by atoms with E-state index in [4.69, 9.17) is 0 Å². The summed E-state index contributed by atoms with van der Waals surface area (Å²) in [5.74, 6) is -0.0484. The molecule has 0 aromatic rings.